The standard InChI is InChI=1S/C13H9F3N2O/c14-10-2-1-8(12(15)13(10)16)7-11(19)18-9-3-5-17-6-4-9/h1-6H,7H2,(H,17,18,19). The molecule has 0 atom stereocenters. The highest BCUT2D eigenvalue weighted by molar-refractivity contribution is 5.92. The third kappa shape index (κ3) is 3.09. The van der Waals surface area contributed by atoms with Gasteiger partial charge in [0.2, 0.25) is 5.91 Å². The summed E-state index contributed by atoms with van der Waals surface area (Å²) in [6.07, 6.45) is 2.58. The van der Waals surface area contributed by atoms with Gasteiger partial charge in [0.05, 0.1) is 6.42 Å². The number of hydrogen-bond donors (Lipinski definition) is 1. The first-order valence-corrected chi connectivity index (χ1v) is 5.40. The Morgan fingerprint density at radius 2 is 1.74 bits per heavy atom. The average Bonchev–Trinajstić information content (AvgIpc) is 2.41. The van der Waals surface area contributed by atoms with Crippen LogP contribution in [0.2, 0.25) is 0 Å². The molecule has 1 N–H and O–H groups in total. The second kappa shape index (κ2) is 5.51. The van der Waals surface area contributed by atoms with Gasteiger partial charge in [0.1, 0.15) is 0 Å². The highest BCUT2D eigenvalue weighted by Crippen LogP contribution is 2.16. The first-order chi connectivity index (χ1) is 9.08. The Balaban J connectivity index is 2.10. The number of halogens is 3. The van der Waals surface area contributed by atoms with Gasteiger partial charge in [-0.05, 0) is 18.2 Å². The van der Waals surface area contributed by atoms with Crippen molar-refractivity contribution >= 4 is 11.6 Å². The van der Waals surface area contributed by atoms with E-state index in [-0.39, 0.29) is 12.0 Å². The van der Waals surface area contributed by atoms with Gasteiger partial charge < -0.3 is 5.32 Å². The number of hydrogen-bond acceptors (Lipinski definition) is 2. The van der Waals surface area contributed by atoms with Gasteiger partial charge in [-0.15, -0.1) is 0 Å². The highest BCUT2D eigenvalue weighted by atomic mass is 19.2. The summed E-state index contributed by atoms with van der Waals surface area (Å²) >= 11 is 0. The number of anilines is 1. The minimum absolute atomic E-state index is 0.203. The number of nitrogens with one attached hydrogen (secondary N) is 1. The molecule has 19 heavy (non-hydrogen) atoms. The van der Waals surface area contributed by atoms with Crippen LogP contribution in [-0.2, 0) is 11.2 Å². The summed E-state index contributed by atoms with van der Waals surface area (Å²) in [5.41, 5.74) is 0.286. The van der Waals surface area contributed by atoms with E-state index in [1.54, 1.807) is 12.1 Å². The van der Waals surface area contributed by atoms with Gasteiger partial charge in [-0.2, -0.15) is 0 Å². The summed E-state index contributed by atoms with van der Waals surface area (Å²) in [4.78, 5) is 15.4. The number of rotatable bonds is 3. The topological polar surface area (TPSA) is 42.0 Å². The highest BCUT2D eigenvalue weighted by Gasteiger charge is 2.15. The van der Waals surface area contributed by atoms with Gasteiger partial charge in [-0.3, -0.25) is 9.78 Å². The van der Waals surface area contributed by atoms with E-state index in [1.165, 1.54) is 12.4 Å². The molecule has 1 heterocycles. The zero-order valence-electron chi connectivity index (χ0n) is 9.66. The van der Waals surface area contributed by atoms with Crippen molar-refractivity contribution in [2.75, 3.05) is 5.32 Å². The second-order valence-electron chi connectivity index (χ2n) is 3.80. The zero-order valence-corrected chi connectivity index (χ0v) is 9.66. The molecule has 0 aliphatic rings. The maximum atomic E-state index is 13.4. The summed E-state index contributed by atoms with van der Waals surface area (Å²) in [5.74, 6) is -4.73. The molecule has 2 aromatic rings. The molecule has 3 nitrogen and oxygen atoms in total. The van der Waals surface area contributed by atoms with Crippen LogP contribution in [0.1, 0.15) is 5.56 Å². The van der Waals surface area contributed by atoms with Crippen LogP contribution < -0.4 is 5.32 Å². The third-order valence-electron chi connectivity index (χ3n) is 2.43. The maximum Gasteiger partial charge on any atom is 0.228 e. The molecule has 0 saturated heterocycles. The summed E-state index contributed by atoms with van der Waals surface area (Å²) in [6, 6.07) is 4.94. The van der Waals surface area contributed by atoms with E-state index in [0.717, 1.165) is 12.1 Å². The Kier molecular flexibility index (Phi) is 3.79. The molecule has 0 radical (unpaired) electrons. The number of aromatic nitrogens is 1. The number of benzene rings is 1. The monoisotopic (exact) mass is 266 g/mol. The largest absolute Gasteiger partial charge is 0.326 e. The van der Waals surface area contributed by atoms with Gasteiger partial charge in [-0.1, -0.05) is 6.07 Å². The van der Waals surface area contributed by atoms with Crippen LogP contribution in [0.25, 0.3) is 0 Å². The molecule has 0 saturated carbocycles. The predicted octanol–water partition coefficient (Wildman–Crippen LogP) is 2.68. The lowest BCUT2D eigenvalue weighted by Crippen LogP contribution is -2.15. The molecule has 1 amide bonds. The van der Waals surface area contributed by atoms with Gasteiger partial charge in [0.15, 0.2) is 17.5 Å². The zero-order chi connectivity index (χ0) is 13.8. The lowest BCUT2D eigenvalue weighted by molar-refractivity contribution is -0.115. The molecule has 0 fully saturated rings. The van der Waals surface area contributed by atoms with Gasteiger partial charge >= 0.3 is 0 Å². The summed E-state index contributed by atoms with van der Waals surface area (Å²) in [7, 11) is 0. The Labute approximate surface area is 107 Å². The van der Waals surface area contributed by atoms with Crippen LogP contribution in [0.5, 0.6) is 0 Å². The van der Waals surface area contributed by atoms with Crippen LogP contribution in [-0.4, -0.2) is 10.9 Å². The SMILES string of the molecule is O=C(Cc1ccc(F)c(F)c1F)Nc1ccncc1. The van der Waals surface area contributed by atoms with Gasteiger partial charge in [0, 0.05) is 23.6 Å². The molecule has 0 spiro atoms. The van der Waals surface area contributed by atoms with E-state index in [0.29, 0.717) is 5.69 Å². The third-order valence-corrected chi connectivity index (χ3v) is 2.43. The van der Waals surface area contributed by atoms with Crippen molar-refractivity contribution < 1.29 is 18.0 Å². The number of carbonyl (C=O) groups is 1. The average molecular weight is 266 g/mol. The van der Waals surface area contributed by atoms with Gasteiger partial charge in [0.25, 0.3) is 0 Å². The predicted molar refractivity (Wildman–Crippen MR) is 62.9 cm³/mol. The molecular weight excluding hydrogens is 257 g/mol. The fourth-order valence-electron chi connectivity index (χ4n) is 1.52. The second-order valence-corrected chi connectivity index (χ2v) is 3.80. The van der Waals surface area contributed by atoms with Crippen molar-refractivity contribution in [3.63, 3.8) is 0 Å². The normalized spacial score (nSPS) is 10.3. The Bertz CT molecular complexity index is 602. The van der Waals surface area contributed by atoms with Gasteiger partial charge in [-0.25, -0.2) is 13.2 Å². The minimum Gasteiger partial charge on any atom is -0.326 e. The molecule has 6 heteroatoms. The number of carbonyl (C=O) groups excluding carboxylic acids is 1. The molecule has 1 aromatic carbocycles. The van der Waals surface area contributed by atoms with Crippen molar-refractivity contribution in [1.29, 1.82) is 0 Å². The lowest BCUT2D eigenvalue weighted by Gasteiger charge is -2.06. The molecule has 1 aromatic heterocycles. The summed E-state index contributed by atoms with van der Waals surface area (Å²) in [5, 5.41) is 2.49. The maximum absolute atomic E-state index is 13.4. The molecular formula is C13H9F3N2O. The first kappa shape index (κ1) is 13.1. The van der Waals surface area contributed by atoms with E-state index in [9.17, 15) is 18.0 Å². The molecule has 0 aliphatic carbocycles. The Morgan fingerprint density at radius 1 is 1.05 bits per heavy atom. The molecule has 2 rings (SSSR count). The van der Waals surface area contributed by atoms with Crippen LogP contribution in [0, 0.1) is 17.5 Å². The molecule has 98 valence electrons. The summed E-state index contributed by atoms with van der Waals surface area (Å²) in [6.45, 7) is 0. The fraction of sp³-hybridized carbons (Fsp3) is 0.0769. The van der Waals surface area contributed by atoms with Crippen molar-refractivity contribution in [3.05, 3.63) is 59.7 Å². The smallest absolute Gasteiger partial charge is 0.228 e. The Morgan fingerprint density at radius 3 is 2.42 bits per heavy atom. The quantitative estimate of drug-likeness (QED) is 0.868. The van der Waals surface area contributed by atoms with Crippen molar-refractivity contribution in [3.8, 4) is 0 Å². The fourth-order valence-corrected chi connectivity index (χ4v) is 1.52. The molecule has 0 bridgehead atoms. The van der Waals surface area contributed by atoms with Crippen LogP contribution >= 0.6 is 0 Å². The van der Waals surface area contributed by atoms with E-state index in [2.05, 4.69) is 10.3 Å². The van der Waals surface area contributed by atoms with Crippen LogP contribution in [0.4, 0.5) is 18.9 Å². The Hall–Kier alpha value is -2.37. The van der Waals surface area contributed by atoms with Crippen molar-refractivity contribution in [1.82, 2.24) is 4.98 Å². The lowest BCUT2D eigenvalue weighted by atomic mass is 10.1. The van der Waals surface area contributed by atoms with E-state index < -0.39 is 23.4 Å². The van der Waals surface area contributed by atoms with Crippen LogP contribution in [0.3, 0.4) is 0 Å². The first-order valence-electron chi connectivity index (χ1n) is 5.40. The van der Waals surface area contributed by atoms with E-state index in [4.69, 9.17) is 0 Å². The molecule has 0 unspecified atom stereocenters. The van der Waals surface area contributed by atoms with E-state index in [1.807, 2.05) is 0 Å². The number of pyridine rings is 1. The van der Waals surface area contributed by atoms with Crippen LogP contribution in [0.15, 0.2) is 36.7 Å². The minimum atomic E-state index is -1.57. The molecule has 0 aliphatic heterocycles. The van der Waals surface area contributed by atoms with Crippen molar-refractivity contribution in [2.45, 2.75) is 6.42 Å². The van der Waals surface area contributed by atoms with Crippen molar-refractivity contribution in [2.24, 2.45) is 0 Å². The van der Waals surface area contributed by atoms with E-state index >= 15 is 0 Å². The summed E-state index contributed by atoms with van der Waals surface area (Å²) < 4.78 is 39.1. The number of amides is 1. The number of nitrogens with zero attached hydrogens (tertiary/aromatic N) is 1.